The molecule has 1 aromatic carbocycles. The maximum absolute atomic E-state index is 15.7. The van der Waals surface area contributed by atoms with Crippen LogP contribution in [0.3, 0.4) is 0 Å². The third-order valence-electron chi connectivity index (χ3n) is 5.23. The van der Waals surface area contributed by atoms with Crippen LogP contribution < -0.4 is 20.7 Å². The van der Waals surface area contributed by atoms with Crippen LogP contribution in [-0.4, -0.2) is 49.9 Å². The molecule has 0 spiro atoms. The predicted molar refractivity (Wildman–Crippen MR) is 111 cm³/mol. The largest absolute Gasteiger partial charge is 0.492 e. The molecule has 0 aliphatic carbocycles. The minimum absolute atomic E-state index is 0.0184. The zero-order valence-corrected chi connectivity index (χ0v) is 16.9. The van der Waals surface area contributed by atoms with Gasteiger partial charge in [0, 0.05) is 57.4 Å². The maximum atomic E-state index is 15.7. The summed E-state index contributed by atoms with van der Waals surface area (Å²) >= 11 is 0. The first-order valence-corrected chi connectivity index (χ1v) is 9.80. The van der Waals surface area contributed by atoms with Gasteiger partial charge in [0.15, 0.2) is 5.82 Å². The zero-order chi connectivity index (χ0) is 20.4. The SMILES string of the molecule is CNc1cc(C)nc(Nc2cc3c(c(C4=CCNC[C@@H](OC)C4)c2F)OCC3)n1. The van der Waals surface area contributed by atoms with E-state index in [2.05, 4.69) is 25.9 Å². The van der Waals surface area contributed by atoms with E-state index in [0.29, 0.717) is 48.3 Å². The summed E-state index contributed by atoms with van der Waals surface area (Å²) in [5, 5.41) is 9.37. The van der Waals surface area contributed by atoms with E-state index >= 15 is 4.39 Å². The summed E-state index contributed by atoms with van der Waals surface area (Å²) in [5.74, 6) is 1.30. The molecule has 2 aliphatic heterocycles. The number of hydrogen-bond donors (Lipinski definition) is 3. The van der Waals surface area contributed by atoms with Crippen molar-refractivity contribution < 1.29 is 13.9 Å². The lowest BCUT2D eigenvalue weighted by molar-refractivity contribution is 0.108. The molecule has 4 rings (SSSR count). The molecule has 154 valence electrons. The van der Waals surface area contributed by atoms with Gasteiger partial charge in [-0.1, -0.05) is 6.08 Å². The van der Waals surface area contributed by atoms with E-state index in [0.717, 1.165) is 29.8 Å². The minimum Gasteiger partial charge on any atom is -0.492 e. The highest BCUT2D eigenvalue weighted by molar-refractivity contribution is 5.78. The molecule has 0 saturated carbocycles. The van der Waals surface area contributed by atoms with Gasteiger partial charge in [-0.05, 0) is 18.6 Å². The Morgan fingerprint density at radius 1 is 1.31 bits per heavy atom. The van der Waals surface area contributed by atoms with Gasteiger partial charge >= 0.3 is 0 Å². The predicted octanol–water partition coefficient (Wildman–Crippen LogP) is 3.04. The van der Waals surface area contributed by atoms with E-state index < -0.39 is 0 Å². The summed E-state index contributed by atoms with van der Waals surface area (Å²) in [6.07, 6.45) is 3.36. The molecule has 0 fully saturated rings. The Kier molecular flexibility index (Phi) is 5.64. The van der Waals surface area contributed by atoms with Gasteiger partial charge in [0.2, 0.25) is 5.95 Å². The van der Waals surface area contributed by atoms with Gasteiger partial charge in [-0.25, -0.2) is 9.37 Å². The van der Waals surface area contributed by atoms with Crippen molar-refractivity contribution in [2.75, 3.05) is 44.5 Å². The number of nitrogens with zero attached hydrogens (tertiary/aromatic N) is 2. The Balaban J connectivity index is 1.76. The molecular formula is C21H26FN5O2. The van der Waals surface area contributed by atoms with Crippen molar-refractivity contribution in [1.82, 2.24) is 15.3 Å². The average Bonchev–Trinajstić information content (AvgIpc) is 3.03. The van der Waals surface area contributed by atoms with Crippen LogP contribution in [0.4, 0.5) is 21.8 Å². The number of nitrogens with one attached hydrogen (secondary N) is 3. The van der Waals surface area contributed by atoms with E-state index in [-0.39, 0.29) is 11.9 Å². The quantitative estimate of drug-likeness (QED) is 0.713. The van der Waals surface area contributed by atoms with Crippen LogP contribution in [0.1, 0.15) is 23.2 Å². The second-order valence-corrected chi connectivity index (χ2v) is 7.24. The molecule has 3 heterocycles. The summed E-state index contributed by atoms with van der Waals surface area (Å²) in [5.41, 5.74) is 3.52. The molecule has 0 bridgehead atoms. The van der Waals surface area contributed by atoms with Crippen LogP contribution in [0.15, 0.2) is 18.2 Å². The molecule has 2 aliphatic rings. The van der Waals surface area contributed by atoms with Crippen molar-refractivity contribution in [3.05, 3.63) is 40.8 Å². The highest BCUT2D eigenvalue weighted by Crippen LogP contribution is 2.42. The molecule has 0 unspecified atom stereocenters. The number of hydrogen-bond acceptors (Lipinski definition) is 7. The first-order valence-electron chi connectivity index (χ1n) is 9.80. The summed E-state index contributed by atoms with van der Waals surface area (Å²) in [7, 11) is 3.47. The molecule has 8 heteroatoms. The molecule has 1 aromatic heterocycles. The van der Waals surface area contributed by atoms with Gasteiger partial charge in [-0.15, -0.1) is 0 Å². The summed E-state index contributed by atoms with van der Waals surface area (Å²) in [4.78, 5) is 8.78. The van der Waals surface area contributed by atoms with Crippen molar-refractivity contribution in [2.45, 2.75) is 25.9 Å². The third kappa shape index (κ3) is 4.04. The first-order chi connectivity index (χ1) is 14.1. The molecule has 0 radical (unpaired) electrons. The number of methoxy groups -OCH3 is 1. The van der Waals surface area contributed by atoms with E-state index in [4.69, 9.17) is 9.47 Å². The fourth-order valence-electron chi connectivity index (χ4n) is 3.77. The normalized spacial score (nSPS) is 18.5. The number of fused-ring (bicyclic) bond motifs is 1. The lowest BCUT2D eigenvalue weighted by Crippen LogP contribution is -2.26. The summed E-state index contributed by atoms with van der Waals surface area (Å²) < 4.78 is 27.1. The topological polar surface area (TPSA) is 80.3 Å². The van der Waals surface area contributed by atoms with Crippen molar-refractivity contribution in [1.29, 1.82) is 0 Å². The molecule has 29 heavy (non-hydrogen) atoms. The third-order valence-corrected chi connectivity index (χ3v) is 5.23. The zero-order valence-electron chi connectivity index (χ0n) is 16.9. The van der Waals surface area contributed by atoms with Crippen LogP contribution in [0.25, 0.3) is 5.57 Å². The van der Waals surface area contributed by atoms with Crippen molar-refractivity contribution >= 4 is 23.0 Å². The van der Waals surface area contributed by atoms with Crippen molar-refractivity contribution in [2.24, 2.45) is 0 Å². The molecule has 0 saturated heterocycles. The Hall–Kier alpha value is -2.71. The van der Waals surface area contributed by atoms with E-state index in [9.17, 15) is 0 Å². The number of aryl methyl sites for hydroxylation is 1. The van der Waals surface area contributed by atoms with E-state index in [1.54, 1.807) is 20.2 Å². The Morgan fingerprint density at radius 3 is 2.97 bits per heavy atom. The lowest BCUT2D eigenvalue weighted by atomic mass is 9.95. The number of ether oxygens (including phenoxy) is 2. The monoisotopic (exact) mass is 399 g/mol. The highest BCUT2D eigenvalue weighted by atomic mass is 19.1. The van der Waals surface area contributed by atoms with Gasteiger partial charge in [0.05, 0.1) is 24.0 Å². The van der Waals surface area contributed by atoms with Gasteiger partial charge in [0.25, 0.3) is 0 Å². The van der Waals surface area contributed by atoms with Gasteiger partial charge in [-0.2, -0.15) is 4.98 Å². The second-order valence-electron chi connectivity index (χ2n) is 7.24. The molecule has 3 N–H and O–H groups in total. The van der Waals surface area contributed by atoms with Crippen molar-refractivity contribution in [3.63, 3.8) is 0 Å². The fraction of sp³-hybridized carbons (Fsp3) is 0.429. The average molecular weight is 399 g/mol. The van der Waals surface area contributed by atoms with Crippen LogP contribution in [0.5, 0.6) is 5.75 Å². The van der Waals surface area contributed by atoms with Crippen LogP contribution in [0, 0.1) is 12.7 Å². The van der Waals surface area contributed by atoms with Crippen LogP contribution in [0.2, 0.25) is 0 Å². The minimum atomic E-state index is -0.357. The molecule has 0 amide bonds. The molecule has 2 aromatic rings. The number of rotatable bonds is 5. The van der Waals surface area contributed by atoms with Gasteiger partial charge < -0.3 is 25.4 Å². The van der Waals surface area contributed by atoms with Gasteiger partial charge in [-0.3, -0.25) is 0 Å². The molecule has 7 nitrogen and oxygen atoms in total. The molecule has 1 atom stereocenters. The highest BCUT2D eigenvalue weighted by Gasteiger charge is 2.28. The van der Waals surface area contributed by atoms with Crippen molar-refractivity contribution in [3.8, 4) is 5.75 Å². The standard InChI is InChI=1S/C21H26FN5O2/c1-12-8-17(23-2)27-21(25-12)26-16-10-14-5-7-29-20(14)18(19(16)22)13-4-6-24-11-15(9-13)28-3/h4,8,10,15,24H,5-7,9,11H2,1-3H3,(H2,23,25,26,27)/t15-/m0/s1. The van der Waals surface area contributed by atoms with Crippen LogP contribution in [-0.2, 0) is 11.2 Å². The Labute approximate surface area is 169 Å². The Bertz CT molecular complexity index is 947. The van der Waals surface area contributed by atoms with Gasteiger partial charge in [0.1, 0.15) is 11.6 Å². The van der Waals surface area contributed by atoms with E-state index in [1.807, 2.05) is 19.1 Å². The van der Waals surface area contributed by atoms with Crippen LogP contribution >= 0.6 is 0 Å². The smallest absolute Gasteiger partial charge is 0.229 e. The number of anilines is 3. The Morgan fingerprint density at radius 2 is 2.17 bits per heavy atom. The number of benzene rings is 1. The van der Waals surface area contributed by atoms with E-state index in [1.165, 1.54) is 0 Å². The number of halogens is 1. The number of aromatic nitrogens is 2. The molecular weight excluding hydrogens is 373 g/mol. The maximum Gasteiger partial charge on any atom is 0.229 e. The summed E-state index contributed by atoms with van der Waals surface area (Å²) in [6.45, 7) is 3.81. The first kappa shape index (κ1) is 19.6. The fourth-order valence-corrected chi connectivity index (χ4v) is 3.77. The summed E-state index contributed by atoms with van der Waals surface area (Å²) in [6, 6.07) is 3.63. The second kappa shape index (κ2) is 8.34. The lowest BCUT2D eigenvalue weighted by Gasteiger charge is -2.19.